The fourth-order valence-electron chi connectivity index (χ4n) is 1.32. The first-order valence-corrected chi connectivity index (χ1v) is 6.49. The van der Waals surface area contributed by atoms with Gasteiger partial charge < -0.3 is 14.9 Å². The Balaban J connectivity index is 0.000000166. The van der Waals surface area contributed by atoms with Crippen LogP contribution in [0.2, 0.25) is 0 Å². The quantitative estimate of drug-likeness (QED) is 0.681. The number of ether oxygens (including phenoxy) is 1. The molecule has 0 amide bonds. The molecule has 1 aliphatic heterocycles. The predicted molar refractivity (Wildman–Crippen MR) is 83.4 cm³/mol. The predicted octanol–water partition coefficient (Wildman–Crippen LogP) is 2.69. The Kier molecular flexibility index (Phi) is 7.71. The number of cyclic esters (lactones) is 2. The Morgan fingerprint density at radius 1 is 1.00 bits per heavy atom. The van der Waals surface area contributed by atoms with Crippen LogP contribution in [0.5, 0.6) is 0 Å². The van der Waals surface area contributed by atoms with Gasteiger partial charge in [-0.1, -0.05) is 43.0 Å². The normalized spacial score (nSPS) is 11.7. The van der Waals surface area contributed by atoms with Gasteiger partial charge in [0.2, 0.25) is 0 Å². The summed E-state index contributed by atoms with van der Waals surface area (Å²) in [6.45, 7) is 4.12. The largest absolute Gasteiger partial charge is 0.468 e. The molecular formula is C17H17NO4. The maximum Gasteiger partial charge on any atom is 0.338 e. The molecule has 0 spiro atoms. The summed E-state index contributed by atoms with van der Waals surface area (Å²) < 4.78 is 8.83. The van der Waals surface area contributed by atoms with Crippen molar-refractivity contribution in [1.29, 1.82) is 0 Å². The van der Waals surface area contributed by atoms with E-state index in [1.165, 1.54) is 5.56 Å². The van der Waals surface area contributed by atoms with Crippen molar-refractivity contribution in [2.75, 3.05) is 0 Å². The number of rotatable bonds is 2. The molecule has 22 heavy (non-hydrogen) atoms. The van der Waals surface area contributed by atoms with Gasteiger partial charge in [-0.15, -0.1) is 0 Å². The van der Waals surface area contributed by atoms with Crippen molar-refractivity contribution in [2.24, 2.45) is 5.73 Å². The summed E-state index contributed by atoms with van der Waals surface area (Å²) in [5, 5.41) is 0. The molecule has 0 bridgehead atoms. The Bertz CT molecular complexity index is 599. The molecule has 0 aliphatic carbocycles. The fourth-order valence-corrected chi connectivity index (χ4v) is 1.32. The molecule has 1 aromatic heterocycles. The SMILES string of the molecule is C=Cc1ccccc1.NCc1ccco1.O=C1C=CC(=O)O1. The maximum absolute atomic E-state index is 9.92. The Morgan fingerprint density at radius 3 is 1.91 bits per heavy atom. The molecule has 0 fully saturated rings. The van der Waals surface area contributed by atoms with E-state index in [4.69, 9.17) is 10.2 Å². The van der Waals surface area contributed by atoms with Crippen LogP contribution in [0.4, 0.5) is 0 Å². The Morgan fingerprint density at radius 2 is 1.64 bits per heavy atom. The van der Waals surface area contributed by atoms with Crippen LogP contribution in [0.3, 0.4) is 0 Å². The maximum atomic E-state index is 9.92. The summed E-state index contributed by atoms with van der Waals surface area (Å²) in [6.07, 6.45) is 5.62. The lowest BCUT2D eigenvalue weighted by Gasteiger charge is -1.85. The van der Waals surface area contributed by atoms with E-state index in [1.807, 2.05) is 48.5 Å². The zero-order valence-electron chi connectivity index (χ0n) is 12.0. The fraction of sp³-hybridized carbons (Fsp3) is 0.0588. The van der Waals surface area contributed by atoms with Gasteiger partial charge in [0.05, 0.1) is 12.8 Å². The van der Waals surface area contributed by atoms with E-state index in [0.717, 1.165) is 17.9 Å². The number of furan rings is 1. The number of hydrogen-bond acceptors (Lipinski definition) is 5. The topological polar surface area (TPSA) is 82.5 Å². The molecule has 2 heterocycles. The van der Waals surface area contributed by atoms with Crippen molar-refractivity contribution in [2.45, 2.75) is 6.54 Å². The highest BCUT2D eigenvalue weighted by Crippen LogP contribution is 1.97. The van der Waals surface area contributed by atoms with Gasteiger partial charge in [0, 0.05) is 12.2 Å². The number of carbonyl (C=O) groups excluding carboxylic acids is 2. The summed E-state index contributed by atoms with van der Waals surface area (Å²) in [4.78, 5) is 19.8. The van der Waals surface area contributed by atoms with Crippen LogP contribution in [0, 0.1) is 0 Å². The molecule has 0 saturated carbocycles. The molecule has 0 atom stereocenters. The second-order valence-corrected chi connectivity index (χ2v) is 3.97. The van der Waals surface area contributed by atoms with Crippen LogP contribution in [0.15, 0.2) is 71.9 Å². The second-order valence-electron chi connectivity index (χ2n) is 3.97. The van der Waals surface area contributed by atoms with Crippen molar-refractivity contribution >= 4 is 18.0 Å². The molecule has 5 nitrogen and oxygen atoms in total. The highest BCUT2D eigenvalue weighted by atomic mass is 16.6. The lowest BCUT2D eigenvalue weighted by molar-refractivity contribution is -0.150. The third-order valence-electron chi connectivity index (χ3n) is 2.37. The first kappa shape index (κ1) is 17.1. The Labute approximate surface area is 128 Å². The minimum Gasteiger partial charge on any atom is -0.468 e. The van der Waals surface area contributed by atoms with E-state index < -0.39 is 11.9 Å². The molecule has 1 aliphatic rings. The van der Waals surface area contributed by atoms with Gasteiger partial charge in [0.15, 0.2) is 0 Å². The van der Waals surface area contributed by atoms with Gasteiger partial charge in [0.25, 0.3) is 0 Å². The van der Waals surface area contributed by atoms with Crippen molar-refractivity contribution < 1.29 is 18.7 Å². The average Bonchev–Trinajstić information content (AvgIpc) is 3.21. The highest BCUT2D eigenvalue weighted by Gasteiger charge is 2.10. The molecule has 114 valence electrons. The molecule has 0 unspecified atom stereocenters. The van der Waals surface area contributed by atoms with E-state index in [9.17, 15) is 9.59 Å². The number of nitrogens with two attached hydrogens (primary N) is 1. The van der Waals surface area contributed by atoms with E-state index in [1.54, 1.807) is 6.26 Å². The lowest BCUT2D eigenvalue weighted by atomic mass is 10.2. The van der Waals surface area contributed by atoms with Crippen LogP contribution in [-0.4, -0.2) is 11.9 Å². The summed E-state index contributed by atoms with van der Waals surface area (Å²) in [5.41, 5.74) is 6.37. The van der Waals surface area contributed by atoms with E-state index >= 15 is 0 Å². The third kappa shape index (κ3) is 7.02. The minimum atomic E-state index is -0.579. The lowest BCUT2D eigenvalue weighted by Crippen LogP contribution is -1.96. The van der Waals surface area contributed by atoms with Gasteiger partial charge in [0.1, 0.15) is 5.76 Å². The molecule has 0 radical (unpaired) electrons. The smallest absolute Gasteiger partial charge is 0.338 e. The summed E-state index contributed by atoms with van der Waals surface area (Å²) in [7, 11) is 0. The van der Waals surface area contributed by atoms with Gasteiger partial charge in [-0.3, -0.25) is 0 Å². The third-order valence-corrected chi connectivity index (χ3v) is 2.37. The zero-order valence-corrected chi connectivity index (χ0v) is 12.0. The molecule has 1 aromatic carbocycles. The van der Waals surface area contributed by atoms with Gasteiger partial charge in [-0.05, 0) is 17.7 Å². The number of hydrogen-bond donors (Lipinski definition) is 1. The summed E-state index contributed by atoms with van der Waals surface area (Å²) in [6, 6.07) is 13.7. The molecule has 5 heteroatoms. The summed E-state index contributed by atoms with van der Waals surface area (Å²) >= 11 is 0. The first-order chi connectivity index (χ1) is 10.7. The number of carbonyl (C=O) groups is 2. The summed E-state index contributed by atoms with van der Waals surface area (Å²) in [5.74, 6) is -0.324. The molecule has 2 N–H and O–H groups in total. The minimum absolute atomic E-state index is 0.493. The van der Waals surface area contributed by atoms with Crippen LogP contribution < -0.4 is 5.73 Å². The standard InChI is InChI=1S/C8H8.C5H7NO.C4H2O3/c1-2-8-6-4-3-5-7-8;6-4-5-2-1-3-7-5;5-3-1-2-4(6)7-3/h2-7H,1H2;1-3H,4,6H2;1-2H. The van der Waals surface area contributed by atoms with Crippen LogP contribution in [0.1, 0.15) is 11.3 Å². The monoisotopic (exact) mass is 299 g/mol. The molecule has 0 saturated heterocycles. The van der Waals surface area contributed by atoms with Crippen LogP contribution in [-0.2, 0) is 20.9 Å². The van der Waals surface area contributed by atoms with Crippen LogP contribution in [0.25, 0.3) is 6.08 Å². The highest BCUT2D eigenvalue weighted by molar-refractivity contribution is 6.04. The van der Waals surface area contributed by atoms with E-state index in [2.05, 4.69) is 11.3 Å². The van der Waals surface area contributed by atoms with Crippen molar-refractivity contribution in [1.82, 2.24) is 0 Å². The second kappa shape index (κ2) is 9.90. The van der Waals surface area contributed by atoms with E-state index in [0.29, 0.717) is 6.54 Å². The zero-order chi connectivity index (χ0) is 16.2. The van der Waals surface area contributed by atoms with E-state index in [-0.39, 0.29) is 0 Å². The van der Waals surface area contributed by atoms with Gasteiger partial charge in [-0.25, -0.2) is 9.59 Å². The average molecular weight is 299 g/mol. The number of esters is 2. The van der Waals surface area contributed by atoms with Crippen molar-refractivity contribution in [3.05, 3.63) is 78.8 Å². The first-order valence-electron chi connectivity index (χ1n) is 6.49. The molecular weight excluding hydrogens is 282 g/mol. The van der Waals surface area contributed by atoms with Crippen LogP contribution >= 0.6 is 0 Å². The molecule has 2 aromatic rings. The van der Waals surface area contributed by atoms with Crippen molar-refractivity contribution in [3.63, 3.8) is 0 Å². The van der Waals surface area contributed by atoms with Gasteiger partial charge >= 0.3 is 11.9 Å². The van der Waals surface area contributed by atoms with Crippen molar-refractivity contribution in [3.8, 4) is 0 Å². The van der Waals surface area contributed by atoms with Gasteiger partial charge in [-0.2, -0.15) is 0 Å². The molecule has 3 rings (SSSR count). The number of benzene rings is 1. The Hall–Kier alpha value is -2.92.